The molecule has 0 atom stereocenters. The van der Waals surface area contributed by atoms with Crippen LogP contribution in [0.4, 0.5) is 0 Å². The molecule has 8 aromatic carbocycles. The summed E-state index contributed by atoms with van der Waals surface area (Å²) in [5.41, 5.74) is 11.4. The van der Waals surface area contributed by atoms with Crippen molar-refractivity contribution in [2.24, 2.45) is 0 Å². The molecule has 13 heteroatoms. The van der Waals surface area contributed by atoms with Crippen molar-refractivity contribution in [3.05, 3.63) is 216 Å². The summed E-state index contributed by atoms with van der Waals surface area (Å²) in [5.74, 6) is 6.14. The second-order valence-electron chi connectivity index (χ2n) is 37.0. The van der Waals surface area contributed by atoms with Crippen molar-refractivity contribution >= 4 is 44.1 Å². The molecule has 0 saturated heterocycles. The van der Waals surface area contributed by atoms with Gasteiger partial charge < -0.3 is 48.9 Å². The normalized spacial score (nSPS) is 11.1. The summed E-state index contributed by atoms with van der Waals surface area (Å²) in [6, 6.07) is 65.8. The molecule has 5 heterocycles. The van der Waals surface area contributed by atoms with Crippen molar-refractivity contribution in [3.63, 3.8) is 0 Å². The SMILES string of the molecule is CCCCCCCCCCCCCCCc1cccc(OC)c1.CCCCCCCCCCCCCCCc1cccc(OC)c1.CCCCCCCCCCCCCCCc1cccc(OC)c1.CCCCCCCCCCCCCCCc1cccc(OC)c1.[Cu].c1ccc2c(c1)-c1nc-2nc2[n-]c(nc3nc(nc4[n-]c(n1)c1ccccc41)-c1ccccc1-3)c1ccccc21. The van der Waals surface area contributed by atoms with Crippen LogP contribution >= 0.6 is 0 Å². The average Bonchev–Trinajstić information content (AvgIpc) is 1.60. The standard InChI is InChI=1S/C32H16N8.4C22H38O.Cu/c1-2-10-18-17(9-1)25-33-26(18)38-28-21-13-5-6-14-22(21)30(35-28)40-32-24-16-8-7-15-23(24)31(36-32)39-29-20-12-4-3-11-19(20)27(34-29)37-25;4*1-3-4-5-6-7-8-9-10-11-12-13-14-15-17-21-18-16-19-22(20-21)23-2;/h1-16H;4*16,18-20H,3-15,17H2,1-2H3;/q-2;;;;;. The smallest absolute Gasteiger partial charge is 0.119 e. The Hall–Kier alpha value is -9.16. The van der Waals surface area contributed by atoms with Gasteiger partial charge in [0.25, 0.3) is 0 Å². The van der Waals surface area contributed by atoms with E-state index in [2.05, 4.69) is 100 Å². The van der Waals surface area contributed by atoms with E-state index in [1.54, 1.807) is 28.4 Å². The van der Waals surface area contributed by atoms with E-state index in [9.17, 15) is 0 Å². The van der Waals surface area contributed by atoms with Gasteiger partial charge in [-0.1, -0.05) is 481 Å². The van der Waals surface area contributed by atoms with Gasteiger partial charge in [-0.3, -0.25) is 0 Å². The van der Waals surface area contributed by atoms with E-state index in [0.29, 0.717) is 45.9 Å². The first-order valence-electron chi connectivity index (χ1n) is 52.9. The number of unbranched alkanes of at least 4 members (excludes halogenated alkanes) is 48. The summed E-state index contributed by atoms with van der Waals surface area (Å²) >= 11 is 0. The van der Waals surface area contributed by atoms with Crippen LogP contribution in [0.25, 0.3) is 89.7 Å². The van der Waals surface area contributed by atoms with Crippen molar-refractivity contribution in [1.82, 2.24) is 39.9 Å². The summed E-state index contributed by atoms with van der Waals surface area (Å²) in [5, 5.41) is 3.57. The third-order valence-corrected chi connectivity index (χ3v) is 26.1. The topological polar surface area (TPSA) is 142 Å². The molecule has 12 nitrogen and oxygen atoms in total. The van der Waals surface area contributed by atoms with Crippen LogP contribution < -0.4 is 28.9 Å². The average molecular weight is 1850 g/mol. The van der Waals surface area contributed by atoms with Gasteiger partial charge in [-0.25, -0.2) is 9.97 Å². The number of nitrogens with zero attached hydrogens (tertiary/aromatic N) is 8. The number of methoxy groups -OCH3 is 4. The summed E-state index contributed by atoms with van der Waals surface area (Å²) in [4.78, 5) is 39.3. The second kappa shape index (κ2) is 68.8. The molecule has 11 aromatic rings. The van der Waals surface area contributed by atoms with E-state index in [-0.39, 0.29) is 17.1 Å². The van der Waals surface area contributed by atoms with Gasteiger partial charge in [0, 0.05) is 61.9 Å². The monoisotopic (exact) mass is 1850 g/mol. The van der Waals surface area contributed by atoms with E-state index < -0.39 is 0 Å². The second-order valence-corrected chi connectivity index (χ2v) is 37.0. The van der Waals surface area contributed by atoms with E-state index in [0.717, 1.165) is 66.8 Å². The number of fused-ring (bicyclic) bond motifs is 20. The molecule has 0 aliphatic carbocycles. The molecule has 1 radical (unpaired) electrons. The summed E-state index contributed by atoms with van der Waals surface area (Å²) in [6.45, 7) is 9.15. The van der Waals surface area contributed by atoms with Gasteiger partial charge in [0.1, 0.15) is 23.0 Å². The van der Waals surface area contributed by atoms with Crippen LogP contribution in [0.5, 0.6) is 23.0 Å². The molecule has 2 aliphatic heterocycles. The predicted octanol–water partition coefficient (Wildman–Crippen LogP) is 35.4. The first kappa shape index (κ1) is 109. The molecule has 725 valence electrons. The number of benzene rings is 8. The number of aromatic nitrogens is 8. The number of hydrogen-bond acceptors (Lipinski definition) is 10. The van der Waals surface area contributed by atoms with Gasteiger partial charge in [0.2, 0.25) is 0 Å². The molecular weight excluding hydrogens is 1680 g/mol. The Labute approximate surface area is 815 Å². The number of aryl methyl sites for hydroxylation is 4. The Kier molecular flexibility index (Phi) is 56.4. The van der Waals surface area contributed by atoms with E-state index in [1.165, 1.54) is 382 Å². The molecule has 13 rings (SSSR count). The van der Waals surface area contributed by atoms with Crippen molar-refractivity contribution in [2.75, 3.05) is 28.4 Å². The van der Waals surface area contributed by atoms with Crippen LogP contribution in [0.1, 0.15) is 384 Å². The Bertz CT molecular complexity index is 4460. The van der Waals surface area contributed by atoms with Crippen molar-refractivity contribution < 1.29 is 36.0 Å². The minimum atomic E-state index is 0. The Morgan fingerprint density at radius 1 is 0.188 bits per heavy atom. The zero-order valence-electron chi connectivity index (χ0n) is 83.6. The fourth-order valence-corrected chi connectivity index (χ4v) is 18.2. The zero-order valence-corrected chi connectivity index (χ0v) is 84.5. The van der Waals surface area contributed by atoms with Crippen molar-refractivity contribution in [1.29, 1.82) is 0 Å². The van der Waals surface area contributed by atoms with E-state index in [1.807, 2.05) is 121 Å². The fourth-order valence-electron chi connectivity index (χ4n) is 18.2. The Morgan fingerprint density at radius 2 is 0.353 bits per heavy atom. The minimum absolute atomic E-state index is 0. The largest absolute Gasteiger partial charge is 0.497 e. The van der Waals surface area contributed by atoms with Gasteiger partial charge in [0.15, 0.2) is 0 Å². The molecular formula is C120H168CuN8O4-2. The summed E-state index contributed by atoms with van der Waals surface area (Å²) in [7, 11) is 6.96. The molecule has 8 bridgehead atoms. The van der Waals surface area contributed by atoms with Crippen LogP contribution in [0.2, 0.25) is 0 Å². The predicted molar refractivity (Wildman–Crippen MR) is 564 cm³/mol. The van der Waals surface area contributed by atoms with E-state index in [4.69, 9.17) is 58.8 Å². The quantitative estimate of drug-likeness (QED) is 0.0264. The molecule has 133 heavy (non-hydrogen) atoms. The van der Waals surface area contributed by atoms with Crippen molar-refractivity contribution in [3.8, 4) is 68.5 Å². The van der Waals surface area contributed by atoms with Gasteiger partial charge in [-0.2, -0.15) is 0 Å². The van der Waals surface area contributed by atoms with Crippen molar-refractivity contribution in [2.45, 2.75) is 387 Å². The van der Waals surface area contributed by atoms with Crippen LogP contribution in [0.15, 0.2) is 194 Å². The summed E-state index contributed by atoms with van der Waals surface area (Å²) < 4.78 is 21.1. The van der Waals surface area contributed by atoms with E-state index >= 15 is 0 Å². The molecule has 0 fully saturated rings. The Morgan fingerprint density at radius 3 is 0.526 bits per heavy atom. The van der Waals surface area contributed by atoms with Gasteiger partial charge in [-0.05, 0) is 144 Å². The first-order valence-corrected chi connectivity index (χ1v) is 52.9. The molecule has 3 aromatic heterocycles. The van der Waals surface area contributed by atoms with Crippen LogP contribution in [0.3, 0.4) is 0 Å². The van der Waals surface area contributed by atoms with Crippen LogP contribution in [-0.2, 0) is 42.8 Å². The van der Waals surface area contributed by atoms with Gasteiger partial charge in [-0.15, -0.1) is 0 Å². The van der Waals surface area contributed by atoms with Gasteiger partial charge >= 0.3 is 0 Å². The maximum atomic E-state index is 5.27. The third kappa shape index (κ3) is 41.9. The first-order chi connectivity index (χ1) is 65.3. The van der Waals surface area contributed by atoms with Crippen LogP contribution in [-0.4, -0.2) is 58.3 Å². The zero-order chi connectivity index (χ0) is 92.6. The molecule has 0 amide bonds. The third-order valence-electron chi connectivity index (χ3n) is 26.1. The minimum Gasteiger partial charge on any atom is -0.497 e. The fraction of sp³-hybridized carbons (Fsp3) is 0.533. The van der Waals surface area contributed by atoms with Crippen LogP contribution in [0, 0.1) is 0 Å². The number of rotatable bonds is 60. The molecule has 0 saturated carbocycles. The molecule has 0 spiro atoms. The molecule has 0 unspecified atom stereocenters. The molecule has 0 N–H and O–H groups in total. The summed E-state index contributed by atoms with van der Waals surface area (Å²) in [6.07, 6.45) is 78.6. The number of ether oxygens (including phenoxy) is 4. The maximum absolute atomic E-state index is 5.27. The van der Waals surface area contributed by atoms with Gasteiger partial charge in [0.05, 0.1) is 51.7 Å². The molecule has 2 aliphatic rings. The number of hydrogen-bond donors (Lipinski definition) is 0. The maximum Gasteiger partial charge on any atom is 0.119 e. The Balaban J connectivity index is 0.000000210.